The van der Waals surface area contributed by atoms with Crippen LogP contribution in [0.4, 0.5) is 11.6 Å². The van der Waals surface area contributed by atoms with Crippen LogP contribution in [0.15, 0.2) is 12.4 Å². The minimum Gasteiger partial charge on any atom is -0.396 e. The standard InChI is InChI=1S/C9H14N4O3/c1-9(2,3-4-14)12-8-10-5-7(6-11-8)13(15)16/h5-6,14H,3-4H2,1-2H3,(H,10,11,12). The zero-order valence-corrected chi connectivity index (χ0v) is 9.17. The Hall–Kier alpha value is -1.76. The maximum Gasteiger partial charge on any atom is 0.305 e. The van der Waals surface area contributed by atoms with Crippen molar-refractivity contribution in [1.29, 1.82) is 0 Å². The molecule has 7 nitrogen and oxygen atoms in total. The van der Waals surface area contributed by atoms with Gasteiger partial charge in [-0.3, -0.25) is 10.1 Å². The monoisotopic (exact) mass is 226 g/mol. The minimum absolute atomic E-state index is 0.0486. The van der Waals surface area contributed by atoms with Crippen LogP contribution in [0.3, 0.4) is 0 Å². The molecule has 0 unspecified atom stereocenters. The van der Waals surface area contributed by atoms with Crippen LogP contribution in [0.5, 0.6) is 0 Å². The van der Waals surface area contributed by atoms with Crippen LogP contribution >= 0.6 is 0 Å². The third kappa shape index (κ3) is 3.43. The number of aromatic nitrogens is 2. The molecular formula is C9H14N4O3. The average molecular weight is 226 g/mol. The third-order valence-electron chi connectivity index (χ3n) is 2.04. The van der Waals surface area contributed by atoms with E-state index < -0.39 is 4.92 Å². The second-order valence-corrected chi connectivity index (χ2v) is 4.00. The van der Waals surface area contributed by atoms with Gasteiger partial charge >= 0.3 is 5.69 Å². The molecule has 0 aliphatic heterocycles. The molecule has 1 heterocycles. The zero-order chi connectivity index (χ0) is 12.2. The van der Waals surface area contributed by atoms with E-state index in [-0.39, 0.29) is 17.8 Å². The van der Waals surface area contributed by atoms with E-state index in [1.807, 2.05) is 13.8 Å². The van der Waals surface area contributed by atoms with Gasteiger partial charge in [-0.15, -0.1) is 0 Å². The Balaban J connectivity index is 2.72. The highest BCUT2D eigenvalue weighted by Crippen LogP contribution is 2.15. The fourth-order valence-corrected chi connectivity index (χ4v) is 1.12. The van der Waals surface area contributed by atoms with Crippen molar-refractivity contribution in [3.8, 4) is 0 Å². The van der Waals surface area contributed by atoms with Gasteiger partial charge in [0.25, 0.3) is 0 Å². The van der Waals surface area contributed by atoms with E-state index in [0.29, 0.717) is 12.4 Å². The van der Waals surface area contributed by atoms with E-state index in [4.69, 9.17) is 5.11 Å². The lowest BCUT2D eigenvalue weighted by Crippen LogP contribution is -2.32. The summed E-state index contributed by atoms with van der Waals surface area (Å²) in [5, 5.41) is 22.2. The molecule has 0 atom stereocenters. The highest BCUT2D eigenvalue weighted by atomic mass is 16.6. The lowest BCUT2D eigenvalue weighted by molar-refractivity contribution is -0.385. The van der Waals surface area contributed by atoms with Gasteiger partial charge in [0, 0.05) is 12.1 Å². The van der Waals surface area contributed by atoms with Crippen molar-refractivity contribution in [1.82, 2.24) is 9.97 Å². The molecule has 0 radical (unpaired) electrons. The van der Waals surface area contributed by atoms with Crippen molar-refractivity contribution in [2.75, 3.05) is 11.9 Å². The summed E-state index contributed by atoms with van der Waals surface area (Å²) in [6, 6.07) is 0. The van der Waals surface area contributed by atoms with E-state index in [2.05, 4.69) is 15.3 Å². The first-order valence-electron chi connectivity index (χ1n) is 4.80. The smallest absolute Gasteiger partial charge is 0.305 e. The van der Waals surface area contributed by atoms with Crippen LogP contribution in [0.1, 0.15) is 20.3 Å². The minimum atomic E-state index is -0.553. The summed E-state index contributed by atoms with van der Waals surface area (Å²) < 4.78 is 0. The van der Waals surface area contributed by atoms with Crippen molar-refractivity contribution in [2.45, 2.75) is 25.8 Å². The summed E-state index contributed by atoms with van der Waals surface area (Å²) in [6.07, 6.45) is 2.82. The Morgan fingerprint density at radius 3 is 2.50 bits per heavy atom. The summed E-state index contributed by atoms with van der Waals surface area (Å²) in [6.45, 7) is 3.81. The van der Waals surface area contributed by atoms with Gasteiger partial charge in [0.05, 0.1) is 4.92 Å². The van der Waals surface area contributed by atoms with Crippen molar-refractivity contribution in [2.24, 2.45) is 0 Å². The predicted molar refractivity (Wildman–Crippen MR) is 58.1 cm³/mol. The van der Waals surface area contributed by atoms with Gasteiger partial charge in [0.15, 0.2) is 0 Å². The van der Waals surface area contributed by atoms with Crippen LogP contribution in [-0.2, 0) is 0 Å². The molecule has 16 heavy (non-hydrogen) atoms. The van der Waals surface area contributed by atoms with Gasteiger partial charge in [-0.1, -0.05) is 0 Å². The number of hydrogen-bond acceptors (Lipinski definition) is 6. The lowest BCUT2D eigenvalue weighted by Gasteiger charge is -2.24. The molecule has 0 aromatic carbocycles. The molecule has 1 rings (SSSR count). The summed E-state index contributed by atoms with van der Waals surface area (Å²) in [7, 11) is 0. The van der Waals surface area contributed by atoms with Crippen molar-refractivity contribution >= 4 is 11.6 Å². The first-order valence-corrected chi connectivity index (χ1v) is 4.80. The Morgan fingerprint density at radius 1 is 1.50 bits per heavy atom. The summed E-state index contributed by atoms with van der Waals surface area (Å²) in [4.78, 5) is 17.5. The Bertz CT molecular complexity index is 364. The highest BCUT2D eigenvalue weighted by molar-refractivity contribution is 5.32. The molecular weight excluding hydrogens is 212 g/mol. The van der Waals surface area contributed by atoms with Crippen molar-refractivity contribution in [3.05, 3.63) is 22.5 Å². The van der Waals surface area contributed by atoms with E-state index in [1.165, 1.54) is 0 Å². The maximum atomic E-state index is 10.4. The van der Waals surface area contributed by atoms with Crippen LogP contribution < -0.4 is 5.32 Å². The lowest BCUT2D eigenvalue weighted by atomic mass is 10.0. The molecule has 88 valence electrons. The first kappa shape index (κ1) is 12.3. The zero-order valence-electron chi connectivity index (χ0n) is 9.17. The summed E-state index contributed by atoms with van der Waals surface area (Å²) >= 11 is 0. The molecule has 1 aromatic rings. The van der Waals surface area contributed by atoms with E-state index in [9.17, 15) is 10.1 Å². The number of nitrogens with one attached hydrogen (secondary N) is 1. The normalized spacial score (nSPS) is 11.2. The number of aliphatic hydroxyl groups is 1. The van der Waals surface area contributed by atoms with E-state index in [1.54, 1.807) is 0 Å². The first-order chi connectivity index (χ1) is 7.44. The summed E-state index contributed by atoms with van der Waals surface area (Å²) in [5.74, 6) is 0.309. The van der Waals surface area contributed by atoms with Gasteiger partial charge in [0.2, 0.25) is 5.95 Å². The fourth-order valence-electron chi connectivity index (χ4n) is 1.12. The number of hydrogen-bond donors (Lipinski definition) is 2. The van der Waals surface area contributed by atoms with Gasteiger partial charge in [-0.2, -0.15) is 0 Å². The molecule has 0 fully saturated rings. The predicted octanol–water partition coefficient (Wildman–Crippen LogP) is 0.958. The average Bonchev–Trinajstić information content (AvgIpc) is 2.17. The fraction of sp³-hybridized carbons (Fsp3) is 0.556. The van der Waals surface area contributed by atoms with Gasteiger partial charge in [0.1, 0.15) is 12.4 Å². The molecule has 0 spiro atoms. The number of anilines is 1. The number of nitro groups is 1. The number of nitrogens with zero attached hydrogens (tertiary/aromatic N) is 3. The second kappa shape index (κ2) is 4.84. The highest BCUT2D eigenvalue weighted by Gasteiger charge is 2.18. The molecule has 0 saturated carbocycles. The SMILES string of the molecule is CC(C)(CCO)Nc1ncc([N+](=O)[O-])cn1. The molecule has 0 aliphatic rings. The Labute approximate surface area is 92.7 Å². The van der Waals surface area contributed by atoms with Crippen molar-refractivity contribution in [3.63, 3.8) is 0 Å². The van der Waals surface area contributed by atoms with Crippen molar-refractivity contribution < 1.29 is 10.0 Å². The Kier molecular flexibility index (Phi) is 3.73. The van der Waals surface area contributed by atoms with E-state index in [0.717, 1.165) is 12.4 Å². The van der Waals surface area contributed by atoms with Gasteiger partial charge in [-0.25, -0.2) is 9.97 Å². The largest absolute Gasteiger partial charge is 0.396 e. The molecule has 7 heteroatoms. The van der Waals surface area contributed by atoms with E-state index >= 15 is 0 Å². The molecule has 0 aliphatic carbocycles. The quantitative estimate of drug-likeness (QED) is 0.572. The van der Waals surface area contributed by atoms with Crippen LogP contribution in [0, 0.1) is 10.1 Å². The van der Waals surface area contributed by atoms with Crippen LogP contribution in [0.2, 0.25) is 0 Å². The number of rotatable bonds is 5. The number of aliphatic hydroxyl groups excluding tert-OH is 1. The summed E-state index contributed by atoms with van der Waals surface area (Å²) in [5.41, 5.74) is -0.504. The third-order valence-corrected chi connectivity index (χ3v) is 2.04. The molecule has 2 N–H and O–H groups in total. The molecule has 1 aromatic heterocycles. The molecule has 0 saturated heterocycles. The van der Waals surface area contributed by atoms with Crippen LogP contribution in [0.25, 0.3) is 0 Å². The maximum absolute atomic E-state index is 10.4. The van der Waals surface area contributed by atoms with Crippen LogP contribution in [-0.4, -0.2) is 32.1 Å². The topological polar surface area (TPSA) is 101 Å². The Morgan fingerprint density at radius 2 is 2.06 bits per heavy atom. The van der Waals surface area contributed by atoms with Gasteiger partial charge in [-0.05, 0) is 20.3 Å². The van der Waals surface area contributed by atoms with Gasteiger partial charge < -0.3 is 10.4 Å². The molecule has 0 bridgehead atoms. The molecule has 0 amide bonds. The second-order valence-electron chi connectivity index (χ2n) is 4.00.